The Labute approximate surface area is 379 Å². The fraction of sp³-hybridized carbons (Fsp3) is 0.652. The van der Waals surface area contributed by atoms with Crippen molar-refractivity contribution in [1.29, 1.82) is 0 Å². The number of carbonyl (C=O) groups excluding carboxylic acids is 4. The first-order valence-corrected chi connectivity index (χ1v) is 22.6. The maximum absolute atomic E-state index is 13.0. The van der Waals surface area contributed by atoms with Crippen molar-refractivity contribution >= 4 is 24.0 Å². The molecule has 0 radical (unpaired) electrons. The highest BCUT2D eigenvalue weighted by atomic mass is 16.6. The molecule has 0 saturated carbocycles. The Morgan fingerprint density at radius 2 is 0.875 bits per heavy atom. The molecule has 0 bridgehead atoms. The molecule has 362 valence electrons. The summed E-state index contributed by atoms with van der Waals surface area (Å²) in [6.07, 6.45) is 2.80. The van der Waals surface area contributed by atoms with Crippen molar-refractivity contribution in [2.24, 2.45) is 0 Å². The zero-order valence-electron chi connectivity index (χ0n) is 37.9. The van der Waals surface area contributed by atoms with E-state index in [0.29, 0.717) is 151 Å². The Hall–Kier alpha value is -4.40. The Bertz CT molecular complexity index is 1430. The van der Waals surface area contributed by atoms with Gasteiger partial charge in [0, 0.05) is 45.9 Å². The van der Waals surface area contributed by atoms with Crippen molar-refractivity contribution in [1.82, 2.24) is 21.3 Å². The second-order valence-corrected chi connectivity index (χ2v) is 14.2. The first-order valence-electron chi connectivity index (χ1n) is 22.6. The van der Waals surface area contributed by atoms with Crippen LogP contribution in [0, 0.1) is 0 Å². The Kier molecular flexibility index (Phi) is 36.0. The summed E-state index contributed by atoms with van der Waals surface area (Å²) in [5.74, 6) is -0.407. The lowest BCUT2D eigenvalue weighted by molar-refractivity contribution is -0.123. The van der Waals surface area contributed by atoms with E-state index < -0.39 is 18.2 Å². The molecule has 18 nitrogen and oxygen atoms in total. The quantitative estimate of drug-likeness (QED) is 0.0685. The summed E-state index contributed by atoms with van der Waals surface area (Å²) in [6.45, 7) is 11.2. The number of hydrogen-bond acceptors (Lipinski definition) is 14. The van der Waals surface area contributed by atoms with E-state index in [2.05, 4.69) is 28.2 Å². The summed E-state index contributed by atoms with van der Waals surface area (Å²) in [5.41, 5.74) is 1.72. The van der Waals surface area contributed by atoms with Crippen LogP contribution in [0.3, 0.4) is 0 Å². The van der Waals surface area contributed by atoms with Crippen molar-refractivity contribution in [3.05, 3.63) is 71.8 Å². The lowest BCUT2D eigenvalue weighted by Gasteiger charge is -2.18. The van der Waals surface area contributed by atoms with Crippen LogP contribution in [-0.2, 0) is 70.2 Å². The van der Waals surface area contributed by atoms with Gasteiger partial charge >= 0.3 is 12.2 Å². The third-order valence-corrected chi connectivity index (χ3v) is 8.83. The summed E-state index contributed by atoms with van der Waals surface area (Å²) >= 11 is 0. The Balaban J connectivity index is 1.40. The third kappa shape index (κ3) is 34.1. The van der Waals surface area contributed by atoms with Crippen molar-refractivity contribution in [3.63, 3.8) is 0 Å². The number of hydrogen-bond donors (Lipinski definition) is 4. The van der Waals surface area contributed by atoms with Gasteiger partial charge in [-0.2, -0.15) is 0 Å². The minimum Gasteiger partial charge on any atom is -0.445 e. The van der Waals surface area contributed by atoms with Gasteiger partial charge in [0.25, 0.3) is 0 Å². The van der Waals surface area contributed by atoms with Crippen molar-refractivity contribution < 1.29 is 66.5 Å². The lowest BCUT2D eigenvalue weighted by atomic mass is 10.1. The van der Waals surface area contributed by atoms with Gasteiger partial charge in [-0.05, 0) is 49.7 Å². The van der Waals surface area contributed by atoms with Gasteiger partial charge in [-0.1, -0.05) is 67.6 Å². The monoisotopic (exact) mass is 907 g/mol. The molecule has 1 atom stereocenters. The molecule has 64 heavy (non-hydrogen) atoms. The highest BCUT2D eigenvalue weighted by Crippen LogP contribution is 2.06. The van der Waals surface area contributed by atoms with Crippen LogP contribution in [0.15, 0.2) is 60.7 Å². The normalized spacial score (nSPS) is 11.5. The van der Waals surface area contributed by atoms with Gasteiger partial charge in [0.1, 0.15) is 19.3 Å². The number of unbranched alkanes of at least 4 members (excludes halogenated alkanes) is 1. The standard InChI is InChI=1S/C46H74N4O14/c1-2-22-55-26-30-59-34-36-62-37-35-61-33-29-58-25-18-43(51)47-20-11-23-56-27-31-60-32-28-57-24-12-21-48-44(52)42(50-46(54)64-39-41-15-7-4-8-16-41)17-9-10-19-49-45(53)63-38-40-13-5-3-6-14-40/h3-8,13-16,42H,2,9-12,17-39H2,1H3,(H,47,51)(H,48,52)(H,49,53)(H,50,54)/t42-/m0/s1. The van der Waals surface area contributed by atoms with Gasteiger partial charge in [0.15, 0.2) is 0 Å². The van der Waals surface area contributed by atoms with Crippen LogP contribution in [-0.4, -0.2) is 155 Å². The summed E-state index contributed by atoms with van der Waals surface area (Å²) in [4.78, 5) is 49.7. The molecule has 4 amide bonds. The maximum atomic E-state index is 13.0. The van der Waals surface area contributed by atoms with Crippen molar-refractivity contribution in [2.75, 3.05) is 125 Å². The third-order valence-electron chi connectivity index (χ3n) is 8.83. The van der Waals surface area contributed by atoms with Crippen molar-refractivity contribution in [3.8, 4) is 0 Å². The number of rotatable bonds is 42. The first kappa shape index (κ1) is 55.7. The van der Waals surface area contributed by atoms with Crippen LogP contribution in [0.4, 0.5) is 9.59 Å². The molecule has 0 saturated heterocycles. The zero-order valence-corrected chi connectivity index (χ0v) is 37.9. The molecular weight excluding hydrogens is 833 g/mol. The largest absolute Gasteiger partial charge is 0.445 e. The van der Waals surface area contributed by atoms with E-state index in [1.165, 1.54) is 0 Å². The molecule has 0 unspecified atom stereocenters. The topological polar surface area (TPSA) is 209 Å². The number of benzene rings is 2. The number of carbonyl (C=O) groups is 4. The molecule has 2 aromatic carbocycles. The minimum atomic E-state index is -0.818. The van der Waals surface area contributed by atoms with Gasteiger partial charge in [0.05, 0.1) is 85.9 Å². The maximum Gasteiger partial charge on any atom is 0.408 e. The predicted molar refractivity (Wildman–Crippen MR) is 239 cm³/mol. The van der Waals surface area contributed by atoms with Crippen LogP contribution < -0.4 is 21.3 Å². The number of nitrogens with one attached hydrogen (secondary N) is 4. The predicted octanol–water partition coefficient (Wildman–Crippen LogP) is 4.32. The van der Waals surface area contributed by atoms with E-state index in [1.807, 2.05) is 60.7 Å². The molecule has 0 heterocycles. The number of ether oxygens (including phenoxy) is 10. The second-order valence-electron chi connectivity index (χ2n) is 14.2. The number of amides is 4. The summed E-state index contributed by atoms with van der Waals surface area (Å²) in [6, 6.07) is 17.8. The molecule has 2 aromatic rings. The summed E-state index contributed by atoms with van der Waals surface area (Å²) in [5, 5.41) is 11.1. The first-order chi connectivity index (χ1) is 31.5. The van der Waals surface area contributed by atoms with E-state index in [9.17, 15) is 19.2 Å². The fourth-order valence-electron chi connectivity index (χ4n) is 5.45. The average molecular weight is 907 g/mol. The van der Waals surface area contributed by atoms with Crippen LogP contribution in [0.25, 0.3) is 0 Å². The Morgan fingerprint density at radius 1 is 0.453 bits per heavy atom. The minimum absolute atomic E-state index is 0.0748. The van der Waals surface area contributed by atoms with E-state index in [4.69, 9.17) is 47.4 Å². The smallest absolute Gasteiger partial charge is 0.408 e. The lowest BCUT2D eigenvalue weighted by Crippen LogP contribution is -2.47. The van der Waals surface area contributed by atoms with E-state index in [0.717, 1.165) is 24.2 Å². The number of alkyl carbamates (subject to hydrolysis) is 2. The molecule has 0 aliphatic heterocycles. The van der Waals surface area contributed by atoms with Gasteiger partial charge in [-0.15, -0.1) is 0 Å². The van der Waals surface area contributed by atoms with Crippen LogP contribution >= 0.6 is 0 Å². The van der Waals surface area contributed by atoms with Crippen LogP contribution in [0.1, 0.15) is 63.0 Å². The molecule has 4 N–H and O–H groups in total. The SMILES string of the molecule is CCCOCCOCCOCCOCCOCCC(=O)NCCCOCCOCCOCCCNC(=O)[C@H](CCCCNC(=O)OCc1ccccc1)NC(=O)OCc1ccccc1. The molecule has 0 fully saturated rings. The highest BCUT2D eigenvalue weighted by Gasteiger charge is 2.21. The average Bonchev–Trinajstić information content (AvgIpc) is 3.31. The molecular formula is C46H74N4O14. The molecule has 0 aliphatic rings. The zero-order chi connectivity index (χ0) is 45.8. The van der Waals surface area contributed by atoms with Gasteiger partial charge < -0.3 is 68.6 Å². The Morgan fingerprint density at radius 3 is 1.38 bits per heavy atom. The summed E-state index contributed by atoms with van der Waals surface area (Å²) in [7, 11) is 0. The van der Waals surface area contributed by atoms with Crippen LogP contribution in [0.2, 0.25) is 0 Å². The molecule has 0 aliphatic carbocycles. The van der Waals surface area contributed by atoms with Gasteiger partial charge in [-0.25, -0.2) is 9.59 Å². The van der Waals surface area contributed by atoms with Gasteiger partial charge in [0.2, 0.25) is 11.8 Å². The highest BCUT2D eigenvalue weighted by molar-refractivity contribution is 5.85. The fourth-order valence-corrected chi connectivity index (χ4v) is 5.45. The van der Waals surface area contributed by atoms with E-state index in [1.54, 1.807) is 0 Å². The molecule has 18 heteroatoms. The summed E-state index contributed by atoms with van der Waals surface area (Å²) < 4.78 is 54.4. The van der Waals surface area contributed by atoms with Crippen molar-refractivity contribution in [2.45, 2.75) is 71.1 Å². The van der Waals surface area contributed by atoms with E-state index >= 15 is 0 Å². The second kappa shape index (κ2) is 41.3. The van der Waals surface area contributed by atoms with Gasteiger partial charge in [-0.3, -0.25) is 9.59 Å². The molecule has 0 spiro atoms. The van der Waals surface area contributed by atoms with Crippen LogP contribution in [0.5, 0.6) is 0 Å². The molecule has 0 aromatic heterocycles. The molecule has 2 rings (SSSR count). The van der Waals surface area contributed by atoms with E-state index in [-0.39, 0.29) is 31.4 Å².